The number of hydrogen-bond acceptors (Lipinski definition) is 5. The van der Waals surface area contributed by atoms with Crippen molar-refractivity contribution in [3.63, 3.8) is 0 Å². The highest BCUT2D eigenvalue weighted by atomic mass is 16.3. The van der Waals surface area contributed by atoms with Crippen molar-refractivity contribution in [1.29, 1.82) is 0 Å². The number of rotatable bonds is 3. The monoisotopic (exact) mass is 303 g/mol. The highest BCUT2D eigenvalue weighted by molar-refractivity contribution is 5.92. The van der Waals surface area contributed by atoms with Crippen molar-refractivity contribution in [1.82, 2.24) is 24.2 Å². The van der Waals surface area contributed by atoms with E-state index < -0.39 is 5.60 Å². The minimum absolute atomic E-state index is 0.0617. The zero-order valence-corrected chi connectivity index (χ0v) is 12.9. The molecule has 0 spiro atoms. The predicted octanol–water partition coefficient (Wildman–Crippen LogP) is 0.258. The highest BCUT2D eigenvalue weighted by Gasteiger charge is 2.26. The van der Waals surface area contributed by atoms with Crippen molar-refractivity contribution in [3.05, 3.63) is 30.4 Å². The van der Waals surface area contributed by atoms with Crippen LogP contribution in [0.3, 0.4) is 0 Å². The summed E-state index contributed by atoms with van der Waals surface area (Å²) >= 11 is 0. The first-order valence-electron chi connectivity index (χ1n) is 7.46. The van der Waals surface area contributed by atoms with Gasteiger partial charge in [-0.05, 0) is 19.9 Å². The molecule has 1 N–H and O–H groups in total. The molecule has 1 fully saturated rings. The fourth-order valence-corrected chi connectivity index (χ4v) is 2.75. The zero-order chi connectivity index (χ0) is 15.7. The molecule has 0 bridgehead atoms. The molecule has 0 aliphatic carbocycles. The molecule has 1 aliphatic heterocycles. The average Bonchev–Trinajstić information content (AvgIpc) is 2.89. The van der Waals surface area contributed by atoms with Gasteiger partial charge in [0.2, 0.25) is 5.78 Å². The van der Waals surface area contributed by atoms with E-state index in [4.69, 9.17) is 0 Å². The van der Waals surface area contributed by atoms with Crippen molar-refractivity contribution in [2.24, 2.45) is 0 Å². The molecule has 2 aromatic heterocycles. The predicted molar refractivity (Wildman–Crippen MR) is 81.6 cm³/mol. The summed E-state index contributed by atoms with van der Waals surface area (Å²) in [5.74, 6) is 0.472. The van der Waals surface area contributed by atoms with Crippen LogP contribution in [0, 0.1) is 0 Å². The molecule has 0 unspecified atom stereocenters. The second-order valence-electron chi connectivity index (χ2n) is 6.33. The summed E-state index contributed by atoms with van der Waals surface area (Å²) in [4.78, 5) is 24.9. The maximum absolute atomic E-state index is 12.5. The Balaban J connectivity index is 1.64. The lowest BCUT2D eigenvalue weighted by Crippen LogP contribution is -2.52. The molecular formula is C15H21N5O2. The second kappa shape index (κ2) is 5.66. The van der Waals surface area contributed by atoms with Crippen LogP contribution in [0.25, 0.3) is 5.78 Å². The third kappa shape index (κ3) is 3.26. The molecule has 118 valence electrons. The number of carbonyl (C=O) groups is 1. The number of β-amino-alcohol motifs (C(OH)–C–C–N with tert-alkyl or cyclic N) is 1. The lowest BCUT2D eigenvalue weighted by molar-refractivity contribution is 0.0177. The summed E-state index contributed by atoms with van der Waals surface area (Å²) in [5, 5.41) is 9.86. The molecule has 0 aromatic carbocycles. The van der Waals surface area contributed by atoms with Crippen LogP contribution >= 0.6 is 0 Å². The molecule has 22 heavy (non-hydrogen) atoms. The number of carbonyl (C=O) groups excluding carboxylic acids is 1. The molecule has 0 atom stereocenters. The molecule has 1 saturated heterocycles. The number of aromatic nitrogens is 3. The van der Waals surface area contributed by atoms with Crippen molar-refractivity contribution >= 4 is 11.7 Å². The van der Waals surface area contributed by atoms with Crippen LogP contribution in [-0.4, -0.2) is 73.5 Å². The van der Waals surface area contributed by atoms with E-state index in [1.807, 2.05) is 11.1 Å². The first-order chi connectivity index (χ1) is 10.4. The van der Waals surface area contributed by atoms with Gasteiger partial charge in [-0.15, -0.1) is 0 Å². The normalized spacial score (nSPS) is 17.1. The molecule has 1 amide bonds. The Morgan fingerprint density at radius 1 is 1.32 bits per heavy atom. The Labute approximate surface area is 129 Å². The van der Waals surface area contributed by atoms with Crippen molar-refractivity contribution in [2.75, 3.05) is 32.7 Å². The Kier molecular flexibility index (Phi) is 3.84. The minimum atomic E-state index is -0.709. The van der Waals surface area contributed by atoms with Crippen LogP contribution < -0.4 is 0 Å². The van der Waals surface area contributed by atoms with Crippen LogP contribution in [0.5, 0.6) is 0 Å². The molecule has 0 saturated carbocycles. The molecule has 0 radical (unpaired) electrons. The van der Waals surface area contributed by atoms with Crippen molar-refractivity contribution < 1.29 is 9.90 Å². The topological polar surface area (TPSA) is 74.0 Å². The summed E-state index contributed by atoms with van der Waals surface area (Å²) in [5.41, 5.74) is -0.283. The molecule has 7 heteroatoms. The maximum Gasteiger partial charge on any atom is 0.274 e. The first-order valence-corrected chi connectivity index (χ1v) is 7.46. The molecule has 1 aliphatic rings. The number of hydrogen-bond donors (Lipinski definition) is 1. The van der Waals surface area contributed by atoms with Crippen molar-refractivity contribution in [3.8, 4) is 0 Å². The second-order valence-corrected chi connectivity index (χ2v) is 6.33. The lowest BCUT2D eigenvalue weighted by Gasteiger charge is -2.37. The fraction of sp³-hybridized carbons (Fsp3) is 0.533. The fourth-order valence-electron chi connectivity index (χ4n) is 2.75. The number of fused-ring (bicyclic) bond motifs is 1. The molecule has 3 rings (SSSR count). The van der Waals surface area contributed by atoms with Crippen LogP contribution in [0.1, 0.15) is 24.3 Å². The average molecular weight is 303 g/mol. The summed E-state index contributed by atoms with van der Waals surface area (Å²) in [6, 6.07) is 1.80. The number of piperazine rings is 1. The van der Waals surface area contributed by atoms with Gasteiger partial charge in [0.1, 0.15) is 5.69 Å². The smallest absolute Gasteiger partial charge is 0.274 e. The summed E-state index contributed by atoms with van der Waals surface area (Å²) in [6.45, 7) is 7.05. The van der Waals surface area contributed by atoms with Gasteiger partial charge in [-0.1, -0.05) is 0 Å². The van der Waals surface area contributed by atoms with E-state index >= 15 is 0 Å². The number of nitrogens with zero attached hydrogens (tertiary/aromatic N) is 5. The highest BCUT2D eigenvalue weighted by Crippen LogP contribution is 2.11. The van der Waals surface area contributed by atoms with Gasteiger partial charge in [0.25, 0.3) is 5.91 Å². The van der Waals surface area contributed by atoms with Gasteiger partial charge in [0, 0.05) is 51.3 Å². The zero-order valence-electron chi connectivity index (χ0n) is 12.9. The summed E-state index contributed by atoms with van der Waals surface area (Å²) in [7, 11) is 0. The quantitative estimate of drug-likeness (QED) is 0.880. The Morgan fingerprint density at radius 2 is 2.05 bits per heavy atom. The standard InChI is InChI=1S/C15H21N5O2/c1-15(2,22)11-18-6-8-19(9-7-18)13(21)12-10-20-5-3-4-16-14(20)17-12/h3-5,10,22H,6-9,11H2,1-2H3. The first kappa shape index (κ1) is 14.9. The van der Waals surface area contributed by atoms with Gasteiger partial charge in [-0.2, -0.15) is 0 Å². The van der Waals surface area contributed by atoms with Crippen LogP contribution in [0.4, 0.5) is 0 Å². The summed E-state index contributed by atoms with van der Waals surface area (Å²) < 4.78 is 1.75. The van der Waals surface area contributed by atoms with Crippen LogP contribution in [0.2, 0.25) is 0 Å². The number of aliphatic hydroxyl groups is 1. The van der Waals surface area contributed by atoms with Gasteiger partial charge in [0.05, 0.1) is 5.60 Å². The van der Waals surface area contributed by atoms with E-state index in [-0.39, 0.29) is 5.91 Å². The molecule has 3 heterocycles. The Bertz CT molecular complexity index is 635. The molecule has 2 aromatic rings. The van der Waals surface area contributed by atoms with Gasteiger partial charge < -0.3 is 10.0 Å². The van der Waals surface area contributed by atoms with E-state index in [1.165, 1.54) is 0 Å². The van der Waals surface area contributed by atoms with Gasteiger partial charge >= 0.3 is 0 Å². The van der Waals surface area contributed by atoms with Gasteiger partial charge in [-0.25, -0.2) is 9.97 Å². The van der Waals surface area contributed by atoms with E-state index in [1.54, 1.807) is 36.7 Å². The molecular weight excluding hydrogens is 282 g/mol. The van der Waals surface area contributed by atoms with Crippen molar-refractivity contribution in [2.45, 2.75) is 19.4 Å². The Hall–Kier alpha value is -1.99. The van der Waals surface area contributed by atoms with Gasteiger partial charge in [0.15, 0.2) is 0 Å². The molecule has 7 nitrogen and oxygen atoms in total. The number of imidazole rings is 1. The Morgan fingerprint density at radius 3 is 2.68 bits per heavy atom. The maximum atomic E-state index is 12.5. The SMILES string of the molecule is CC(C)(O)CN1CCN(C(=O)c2cn3cccnc3n2)CC1. The van der Waals surface area contributed by atoms with E-state index in [9.17, 15) is 9.90 Å². The third-order valence-corrected chi connectivity index (χ3v) is 3.72. The van der Waals surface area contributed by atoms with E-state index in [0.717, 1.165) is 13.1 Å². The van der Waals surface area contributed by atoms with Crippen LogP contribution in [-0.2, 0) is 0 Å². The van der Waals surface area contributed by atoms with E-state index in [0.29, 0.717) is 31.1 Å². The van der Waals surface area contributed by atoms with E-state index in [2.05, 4.69) is 14.9 Å². The van der Waals surface area contributed by atoms with Gasteiger partial charge in [-0.3, -0.25) is 14.1 Å². The lowest BCUT2D eigenvalue weighted by atomic mass is 10.1. The minimum Gasteiger partial charge on any atom is -0.389 e. The summed E-state index contributed by atoms with van der Waals surface area (Å²) in [6.07, 6.45) is 5.20. The third-order valence-electron chi connectivity index (χ3n) is 3.72. The van der Waals surface area contributed by atoms with Crippen LogP contribution in [0.15, 0.2) is 24.7 Å². The number of amides is 1. The largest absolute Gasteiger partial charge is 0.389 e.